The first-order valence-electron chi connectivity index (χ1n) is 6.04. The van der Waals surface area contributed by atoms with Gasteiger partial charge in [-0.1, -0.05) is 6.42 Å². The molecule has 0 aromatic heterocycles. The Balaban J connectivity index is 1.91. The van der Waals surface area contributed by atoms with Crippen LogP contribution in [0, 0.1) is 5.41 Å². The molecule has 1 heterocycles. The summed E-state index contributed by atoms with van der Waals surface area (Å²) in [5.41, 5.74) is 0.0373. The van der Waals surface area contributed by atoms with E-state index >= 15 is 0 Å². The van der Waals surface area contributed by atoms with E-state index in [1.54, 1.807) is 0 Å². The van der Waals surface area contributed by atoms with Gasteiger partial charge in [-0.2, -0.15) is 0 Å². The van der Waals surface area contributed by atoms with Gasteiger partial charge < -0.3 is 5.32 Å². The van der Waals surface area contributed by atoms with Crippen molar-refractivity contribution in [3.63, 3.8) is 0 Å². The van der Waals surface area contributed by atoms with Crippen molar-refractivity contribution in [3.05, 3.63) is 0 Å². The van der Waals surface area contributed by atoms with E-state index in [4.69, 9.17) is 11.6 Å². The van der Waals surface area contributed by atoms with E-state index in [9.17, 15) is 13.2 Å². The van der Waals surface area contributed by atoms with E-state index in [1.165, 1.54) is 0 Å². The van der Waals surface area contributed by atoms with Gasteiger partial charge in [0.25, 0.3) is 0 Å². The molecule has 2 aliphatic rings. The summed E-state index contributed by atoms with van der Waals surface area (Å²) in [6.07, 6.45) is 4.00. The summed E-state index contributed by atoms with van der Waals surface area (Å²) in [7, 11) is -3.22. The molecule has 1 atom stereocenters. The third-order valence-electron chi connectivity index (χ3n) is 3.75. The Kier molecular flexibility index (Phi) is 3.69. The van der Waals surface area contributed by atoms with E-state index in [2.05, 4.69) is 5.32 Å². The van der Waals surface area contributed by atoms with Crippen LogP contribution in [0.4, 0.5) is 0 Å². The number of carbonyl (C=O) groups is 1. The highest BCUT2D eigenvalue weighted by Gasteiger charge is 2.43. The highest BCUT2D eigenvalue weighted by Crippen LogP contribution is 2.45. The number of amides is 1. The molecule has 0 bridgehead atoms. The minimum absolute atomic E-state index is 0.0373. The second kappa shape index (κ2) is 4.76. The molecule has 1 amide bonds. The lowest BCUT2D eigenvalue weighted by molar-refractivity contribution is -0.121. The molecule has 4 nitrogen and oxygen atoms in total. The summed E-state index contributed by atoms with van der Waals surface area (Å²) in [4.78, 5) is 11.9. The van der Waals surface area contributed by atoms with Crippen molar-refractivity contribution < 1.29 is 13.2 Å². The topological polar surface area (TPSA) is 63.2 Å². The smallest absolute Gasteiger partial charge is 0.238 e. The summed E-state index contributed by atoms with van der Waals surface area (Å²) in [6, 6.07) is 0. The van der Waals surface area contributed by atoms with Crippen molar-refractivity contribution in [2.75, 3.05) is 18.2 Å². The molecular formula is C11H18ClNO3S. The predicted octanol–water partition coefficient (Wildman–Crippen LogP) is 1.09. The number of halogens is 1. The van der Waals surface area contributed by atoms with Crippen LogP contribution in [0.3, 0.4) is 0 Å². The lowest BCUT2D eigenvalue weighted by Crippen LogP contribution is -2.44. The van der Waals surface area contributed by atoms with Crippen LogP contribution in [0.15, 0.2) is 0 Å². The van der Waals surface area contributed by atoms with Gasteiger partial charge in [0.1, 0.15) is 5.25 Å². The first-order chi connectivity index (χ1) is 7.99. The number of rotatable bonds is 4. The molecule has 1 aliphatic heterocycles. The molecule has 1 saturated heterocycles. The first kappa shape index (κ1) is 13.1. The molecule has 2 rings (SSSR count). The highest BCUT2D eigenvalue weighted by atomic mass is 35.5. The Morgan fingerprint density at radius 1 is 1.35 bits per heavy atom. The van der Waals surface area contributed by atoms with E-state index in [0.29, 0.717) is 25.3 Å². The van der Waals surface area contributed by atoms with Gasteiger partial charge in [-0.3, -0.25) is 4.79 Å². The van der Waals surface area contributed by atoms with Crippen LogP contribution in [0.1, 0.15) is 32.1 Å². The second-order valence-corrected chi connectivity index (χ2v) is 7.77. The molecular weight excluding hydrogens is 262 g/mol. The average molecular weight is 280 g/mol. The largest absolute Gasteiger partial charge is 0.354 e. The molecule has 0 spiro atoms. The number of carbonyl (C=O) groups excluding carboxylic acids is 1. The fraction of sp³-hybridized carbons (Fsp3) is 0.909. The maximum Gasteiger partial charge on any atom is 0.238 e. The van der Waals surface area contributed by atoms with E-state index in [0.717, 1.165) is 19.3 Å². The van der Waals surface area contributed by atoms with E-state index in [1.807, 2.05) is 0 Å². The van der Waals surface area contributed by atoms with E-state index < -0.39 is 15.1 Å². The van der Waals surface area contributed by atoms with E-state index in [-0.39, 0.29) is 17.1 Å². The fourth-order valence-electron chi connectivity index (χ4n) is 2.17. The van der Waals surface area contributed by atoms with Crippen molar-refractivity contribution in [3.8, 4) is 0 Å². The summed E-state index contributed by atoms with van der Waals surface area (Å²) in [5.74, 6) is 0.345. The van der Waals surface area contributed by atoms with Crippen LogP contribution in [0.25, 0.3) is 0 Å². The number of alkyl halides is 1. The van der Waals surface area contributed by atoms with Crippen molar-refractivity contribution in [1.29, 1.82) is 0 Å². The minimum Gasteiger partial charge on any atom is -0.354 e. The molecule has 0 aromatic rings. The van der Waals surface area contributed by atoms with Crippen molar-refractivity contribution in [1.82, 2.24) is 5.32 Å². The standard InChI is InChI=1S/C11H18ClNO3S/c12-7-11(4-5-11)8-13-10(14)9-3-1-2-6-17(9,15)16/h9H,1-8H2,(H,13,14). The Morgan fingerprint density at radius 3 is 2.59 bits per heavy atom. The Labute approximate surface area is 107 Å². The molecule has 1 aliphatic carbocycles. The summed E-state index contributed by atoms with van der Waals surface area (Å²) in [5, 5.41) is 1.93. The molecule has 2 fully saturated rings. The van der Waals surface area contributed by atoms with Crippen molar-refractivity contribution >= 4 is 27.3 Å². The van der Waals surface area contributed by atoms with Gasteiger partial charge in [-0.15, -0.1) is 11.6 Å². The molecule has 0 radical (unpaired) electrons. The van der Waals surface area contributed by atoms with Crippen molar-refractivity contribution in [2.24, 2.45) is 5.41 Å². The summed E-state index contributed by atoms with van der Waals surface area (Å²) in [6.45, 7) is 0.515. The lowest BCUT2D eigenvalue weighted by atomic mass is 10.1. The average Bonchev–Trinajstić information content (AvgIpc) is 3.06. The molecule has 98 valence electrons. The Bertz CT molecular complexity index is 403. The quantitative estimate of drug-likeness (QED) is 0.784. The van der Waals surface area contributed by atoms with Gasteiger partial charge >= 0.3 is 0 Å². The molecule has 1 N–H and O–H groups in total. The number of nitrogens with one attached hydrogen (secondary N) is 1. The SMILES string of the molecule is O=C(NCC1(CCl)CC1)C1CCCCS1(=O)=O. The number of sulfone groups is 1. The third kappa shape index (κ3) is 2.94. The highest BCUT2D eigenvalue weighted by molar-refractivity contribution is 7.92. The van der Waals surface area contributed by atoms with Crippen LogP contribution in [-0.4, -0.2) is 37.8 Å². The lowest BCUT2D eigenvalue weighted by Gasteiger charge is -2.22. The molecule has 17 heavy (non-hydrogen) atoms. The van der Waals surface area contributed by atoms with Crippen LogP contribution >= 0.6 is 11.6 Å². The molecule has 1 saturated carbocycles. The van der Waals surface area contributed by atoms with Gasteiger partial charge in [-0.05, 0) is 25.7 Å². The Hall–Kier alpha value is -0.290. The van der Waals surface area contributed by atoms with Gasteiger partial charge in [-0.25, -0.2) is 8.42 Å². The minimum atomic E-state index is -3.22. The molecule has 1 unspecified atom stereocenters. The fourth-order valence-corrected chi connectivity index (χ4v) is 4.36. The third-order valence-corrected chi connectivity index (χ3v) is 6.49. The first-order valence-corrected chi connectivity index (χ1v) is 8.29. The summed E-state index contributed by atoms with van der Waals surface area (Å²) >= 11 is 5.81. The van der Waals surface area contributed by atoms with Crippen molar-refractivity contribution in [2.45, 2.75) is 37.4 Å². The van der Waals surface area contributed by atoms with Crippen LogP contribution in [-0.2, 0) is 14.6 Å². The number of hydrogen-bond donors (Lipinski definition) is 1. The van der Waals surface area contributed by atoms with Gasteiger partial charge in [0, 0.05) is 17.8 Å². The van der Waals surface area contributed by atoms with Crippen LogP contribution in [0.2, 0.25) is 0 Å². The predicted molar refractivity (Wildman–Crippen MR) is 66.8 cm³/mol. The van der Waals surface area contributed by atoms with Gasteiger partial charge in [0.15, 0.2) is 9.84 Å². The maximum absolute atomic E-state index is 11.9. The summed E-state index contributed by atoms with van der Waals surface area (Å²) < 4.78 is 23.5. The zero-order valence-electron chi connectivity index (χ0n) is 9.75. The zero-order valence-corrected chi connectivity index (χ0v) is 11.3. The Morgan fingerprint density at radius 2 is 2.06 bits per heavy atom. The van der Waals surface area contributed by atoms with Crippen LogP contribution < -0.4 is 5.32 Å². The monoisotopic (exact) mass is 279 g/mol. The van der Waals surface area contributed by atoms with Gasteiger partial charge in [0.05, 0.1) is 5.75 Å². The van der Waals surface area contributed by atoms with Crippen LogP contribution in [0.5, 0.6) is 0 Å². The number of hydrogen-bond acceptors (Lipinski definition) is 3. The molecule has 0 aromatic carbocycles. The molecule has 6 heteroatoms. The van der Waals surface area contributed by atoms with Gasteiger partial charge in [0.2, 0.25) is 5.91 Å². The second-order valence-electron chi connectivity index (χ2n) is 5.20. The maximum atomic E-state index is 11.9. The zero-order chi connectivity index (χ0) is 12.5. The normalized spacial score (nSPS) is 29.6.